The Morgan fingerprint density at radius 3 is 2.64 bits per heavy atom. The van der Waals surface area contributed by atoms with Crippen LogP contribution in [0.1, 0.15) is 11.1 Å². The summed E-state index contributed by atoms with van der Waals surface area (Å²) in [7, 11) is 0. The summed E-state index contributed by atoms with van der Waals surface area (Å²) in [6.45, 7) is 5.59. The molecule has 2 atom stereocenters. The Hall–Kier alpha value is -1.39. The number of nitrogens with one attached hydrogen (secondary N) is 1. The molecule has 0 amide bonds. The van der Waals surface area contributed by atoms with Gasteiger partial charge in [-0.05, 0) is 51.9 Å². The number of aromatic nitrogens is 1. The molecule has 2 heterocycles. The first-order valence-electron chi connectivity index (χ1n) is 7.85. The highest BCUT2D eigenvalue weighted by Gasteiger charge is 2.55. The van der Waals surface area contributed by atoms with Crippen LogP contribution < -0.4 is 5.32 Å². The van der Waals surface area contributed by atoms with Gasteiger partial charge in [-0.3, -0.25) is 4.90 Å². The van der Waals surface area contributed by atoms with E-state index in [-0.39, 0.29) is 0 Å². The van der Waals surface area contributed by atoms with Crippen LogP contribution in [0.15, 0.2) is 47.1 Å². The van der Waals surface area contributed by atoms with Crippen LogP contribution in [0.25, 0.3) is 0 Å². The minimum absolute atomic E-state index is 0.611. The Morgan fingerprint density at radius 1 is 1.23 bits per heavy atom. The second-order valence-corrected chi connectivity index (χ2v) is 7.35. The maximum Gasteiger partial charge on any atom is 0.126 e. The fourth-order valence-electron chi connectivity index (χ4n) is 3.59. The van der Waals surface area contributed by atoms with Crippen molar-refractivity contribution in [2.75, 3.05) is 18.4 Å². The van der Waals surface area contributed by atoms with E-state index in [2.05, 4.69) is 74.5 Å². The Morgan fingerprint density at radius 2 is 1.95 bits per heavy atom. The van der Waals surface area contributed by atoms with Crippen molar-refractivity contribution in [2.24, 2.45) is 11.8 Å². The third-order valence-electron chi connectivity index (χ3n) is 4.88. The average Bonchev–Trinajstić information content (AvgIpc) is 2.95. The molecule has 114 valence electrons. The van der Waals surface area contributed by atoms with Crippen molar-refractivity contribution in [3.63, 3.8) is 0 Å². The van der Waals surface area contributed by atoms with Crippen LogP contribution in [0.4, 0.5) is 5.82 Å². The van der Waals surface area contributed by atoms with Gasteiger partial charge in [-0.2, -0.15) is 0 Å². The summed E-state index contributed by atoms with van der Waals surface area (Å²) >= 11 is 3.50. The molecule has 1 aromatic carbocycles. The number of nitrogens with zero attached hydrogens (tertiary/aromatic N) is 2. The molecule has 2 unspecified atom stereocenters. The predicted molar refractivity (Wildman–Crippen MR) is 92.8 cm³/mol. The number of hydrogen-bond acceptors (Lipinski definition) is 3. The lowest BCUT2D eigenvalue weighted by atomic mass is 10.2. The van der Waals surface area contributed by atoms with E-state index in [1.165, 1.54) is 24.2 Å². The number of piperidine rings is 1. The van der Waals surface area contributed by atoms with Gasteiger partial charge in [0, 0.05) is 36.3 Å². The van der Waals surface area contributed by atoms with Crippen LogP contribution in [0.5, 0.6) is 0 Å². The van der Waals surface area contributed by atoms with Gasteiger partial charge in [-0.1, -0.05) is 30.3 Å². The molecule has 1 aromatic heterocycles. The second-order valence-electron chi connectivity index (χ2n) is 6.50. The fourth-order valence-corrected chi connectivity index (χ4v) is 3.80. The van der Waals surface area contributed by atoms with Gasteiger partial charge in [0.25, 0.3) is 0 Å². The third-order valence-corrected chi connectivity index (χ3v) is 5.71. The van der Waals surface area contributed by atoms with Gasteiger partial charge in [-0.15, -0.1) is 0 Å². The van der Waals surface area contributed by atoms with E-state index in [1.807, 2.05) is 6.20 Å². The van der Waals surface area contributed by atoms with Crippen LogP contribution in [-0.4, -0.2) is 29.0 Å². The van der Waals surface area contributed by atoms with Gasteiger partial charge in [0.1, 0.15) is 5.82 Å². The predicted octanol–water partition coefficient (Wildman–Crippen LogP) is 3.69. The van der Waals surface area contributed by atoms with E-state index in [1.54, 1.807) is 0 Å². The van der Waals surface area contributed by atoms with Crippen molar-refractivity contribution in [2.45, 2.75) is 19.5 Å². The minimum Gasteiger partial charge on any atom is -0.367 e. The largest absolute Gasteiger partial charge is 0.367 e. The number of pyridine rings is 1. The molecule has 0 spiro atoms. The number of aryl methyl sites for hydroxylation is 1. The molecule has 1 saturated carbocycles. The zero-order valence-corrected chi connectivity index (χ0v) is 14.3. The molecule has 0 radical (unpaired) electrons. The van der Waals surface area contributed by atoms with Crippen molar-refractivity contribution in [1.82, 2.24) is 9.88 Å². The smallest absolute Gasteiger partial charge is 0.126 e. The van der Waals surface area contributed by atoms with E-state index in [4.69, 9.17) is 0 Å². The monoisotopic (exact) mass is 357 g/mol. The van der Waals surface area contributed by atoms with E-state index in [0.717, 1.165) is 28.7 Å². The highest BCUT2D eigenvalue weighted by molar-refractivity contribution is 9.10. The fraction of sp³-hybridized carbons (Fsp3) is 0.389. The van der Waals surface area contributed by atoms with Crippen LogP contribution >= 0.6 is 15.9 Å². The topological polar surface area (TPSA) is 28.2 Å². The summed E-state index contributed by atoms with van der Waals surface area (Å²) in [5.41, 5.74) is 2.65. The molecule has 22 heavy (non-hydrogen) atoms. The molecule has 4 rings (SSSR count). The Bertz CT molecular complexity index is 661. The van der Waals surface area contributed by atoms with Crippen LogP contribution in [0.2, 0.25) is 0 Å². The molecule has 1 N–H and O–H groups in total. The van der Waals surface area contributed by atoms with Gasteiger partial charge < -0.3 is 5.32 Å². The average molecular weight is 358 g/mol. The van der Waals surface area contributed by atoms with E-state index in [0.29, 0.717) is 6.04 Å². The lowest BCUT2D eigenvalue weighted by molar-refractivity contribution is 0.292. The Balaban J connectivity index is 1.32. The van der Waals surface area contributed by atoms with Gasteiger partial charge in [0.2, 0.25) is 0 Å². The van der Waals surface area contributed by atoms with Crippen molar-refractivity contribution in [3.8, 4) is 0 Å². The van der Waals surface area contributed by atoms with Gasteiger partial charge in [-0.25, -0.2) is 4.98 Å². The molecule has 0 bridgehead atoms. The number of benzene rings is 1. The molecule has 1 aliphatic carbocycles. The van der Waals surface area contributed by atoms with Crippen molar-refractivity contribution < 1.29 is 0 Å². The van der Waals surface area contributed by atoms with E-state index >= 15 is 0 Å². The summed E-state index contributed by atoms with van der Waals surface area (Å²) in [6.07, 6.45) is 1.89. The highest BCUT2D eigenvalue weighted by Crippen LogP contribution is 2.47. The number of anilines is 1. The quantitative estimate of drug-likeness (QED) is 0.904. The van der Waals surface area contributed by atoms with Gasteiger partial charge >= 0.3 is 0 Å². The molecule has 1 saturated heterocycles. The zero-order valence-electron chi connectivity index (χ0n) is 12.7. The molecular weight excluding hydrogens is 338 g/mol. The third kappa shape index (κ3) is 2.77. The summed E-state index contributed by atoms with van der Waals surface area (Å²) in [5, 5.41) is 3.61. The van der Waals surface area contributed by atoms with Gasteiger partial charge in [0.05, 0.1) is 0 Å². The first-order valence-corrected chi connectivity index (χ1v) is 8.65. The summed E-state index contributed by atoms with van der Waals surface area (Å²) in [6, 6.07) is 13.5. The first-order chi connectivity index (χ1) is 10.7. The summed E-state index contributed by atoms with van der Waals surface area (Å²) in [4.78, 5) is 7.03. The Labute approximate surface area is 139 Å². The standard InChI is InChI=1S/C18H20BrN3/c1-12-7-17(20-8-16(12)19)21-18-14-10-22(11-15(14)18)9-13-5-3-2-4-6-13/h2-8,14-15,18H,9-11H2,1H3,(H,20,21). The van der Waals surface area contributed by atoms with Crippen LogP contribution in [0.3, 0.4) is 0 Å². The molecule has 2 aromatic rings. The van der Waals surface area contributed by atoms with E-state index in [9.17, 15) is 0 Å². The number of halogens is 1. The zero-order chi connectivity index (χ0) is 15.1. The lowest BCUT2D eigenvalue weighted by Gasteiger charge is -2.20. The van der Waals surface area contributed by atoms with Crippen LogP contribution in [0, 0.1) is 18.8 Å². The molecule has 2 fully saturated rings. The number of hydrogen-bond donors (Lipinski definition) is 1. The summed E-state index contributed by atoms with van der Waals surface area (Å²) < 4.78 is 1.07. The Kier molecular flexibility index (Phi) is 3.66. The normalized spacial score (nSPS) is 26.7. The maximum atomic E-state index is 4.46. The molecule has 1 aliphatic heterocycles. The van der Waals surface area contributed by atoms with Crippen molar-refractivity contribution in [1.29, 1.82) is 0 Å². The van der Waals surface area contributed by atoms with Gasteiger partial charge in [0.15, 0.2) is 0 Å². The SMILES string of the molecule is Cc1cc(NC2C3CN(Cc4ccccc4)CC32)ncc1Br. The highest BCUT2D eigenvalue weighted by atomic mass is 79.9. The van der Waals surface area contributed by atoms with Crippen LogP contribution in [-0.2, 0) is 6.54 Å². The van der Waals surface area contributed by atoms with Crippen molar-refractivity contribution >= 4 is 21.7 Å². The molecule has 4 heteroatoms. The number of fused-ring (bicyclic) bond motifs is 1. The number of rotatable bonds is 4. The number of likely N-dealkylation sites (tertiary alicyclic amines) is 1. The molecule has 2 aliphatic rings. The second kappa shape index (κ2) is 5.67. The molecule has 3 nitrogen and oxygen atoms in total. The summed E-state index contributed by atoms with van der Waals surface area (Å²) in [5.74, 6) is 2.58. The maximum absolute atomic E-state index is 4.46. The minimum atomic E-state index is 0.611. The van der Waals surface area contributed by atoms with E-state index < -0.39 is 0 Å². The first kappa shape index (κ1) is 14.2. The lowest BCUT2D eigenvalue weighted by Crippen LogP contribution is -2.27. The van der Waals surface area contributed by atoms with Crippen molar-refractivity contribution in [3.05, 3.63) is 58.2 Å². The molecular formula is C18H20BrN3.